The van der Waals surface area contributed by atoms with E-state index in [9.17, 15) is 9.18 Å². The molecule has 0 radical (unpaired) electrons. The fourth-order valence-corrected chi connectivity index (χ4v) is 4.58. The Labute approximate surface area is 192 Å². The van der Waals surface area contributed by atoms with Crippen LogP contribution in [0.3, 0.4) is 0 Å². The molecule has 1 aliphatic rings. The van der Waals surface area contributed by atoms with Crippen molar-refractivity contribution in [2.45, 2.75) is 38.0 Å². The third kappa shape index (κ3) is 4.05. The Bertz CT molecular complexity index is 1370. The van der Waals surface area contributed by atoms with E-state index in [2.05, 4.69) is 21.0 Å². The maximum atomic E-state index is 14.3. The van der Waals surface area contributed by atoms with Gasteiger partial charge in [0, 0.05) is 10.4 Å². The Balaban J connectivity index is 1.54. The van der Waals surface area contributed by atoms with E-state index >= 15 is 0 Å². The van der Waals surface area contributed by atoms with Crippen LogP contribution in [-0.2, 0) is 0 Å². The van der Waals surface area contributed by atoms with Crippen LogP contribution in [0.25, 0.3) is 22.2 Å². The summed E-state index contributed by atoms with van der Waals surface area (Å²) in [6, 6.07) is 15.5. The second kappa shape index (κ2) is 8.82. The van der Waals surface area contributed by atoms with Crippen LogP contribution in [0, 0.1) is 5.82 Å². The minimum absolute atomic E-state index is 0.196. The number of furan rings is 1. The summed E-state index contributed by atoms with van der Waals surface area (Å²) >= 11 is 3.26. The minimum atomic E-state index is -0.383. The fourth-order valence-electron chi connectivity index (χ4n) is 4.25. The number of aromatic nitrogens is 2. The van der Waals surface area contributed by atoms with E-state index in [1.54, 1.807) is 30.3 Å². The Hall–Kier alpha value is -3.06. The van der Waals surface area contributed by atoms with E-state index in [-0.39, 0.29) is 17.3 Å². The molecule has 7 heteroatoms. The summed E-state index contributed by atoms with van der Waals surface area (Å²) in [5.41, 5.74) is 0.856. The summed E-state index contributed by atoms with van der Waals surface area (Å²) in [7, 11) is 0. The molecule has 2 aromatic heterocycles. The van der Waals surface area contributed by atoms with E-state index in [0.717, 1.165) is 25.7 Å². The molecule has 0 bridgehead atoms. The molecule has 162 valence electrons. The number of hydrogen-bond acceptors (Lipinski definition) is 4. The number of hydrogen-bond donors (Lipinski definition) is 0. The molecule has 1 fully saturated rings. The second-order valence-electron chi connectivity index (χ2n) is 8.01. The predicted molar refractivity (Wildman–Crippen MR) is 127 cm³/mol. The summed E-state index contributed by atoms with van der Waals surface area (Å²) in [5.74, 6) is 1.33. The molecule has 32 heavy (non-hydrogen) atoms. The highest BCUT2D eigenvalue weighted by Crippen LogP contribution is 2.32. The number of nitrogens with zero attached hydrogens (tertiary/aromatic N) is 3. The normalized spacial score (nSPS) is 15.1. The molecule has 0 spiro atoms. The van der Waals surface area contributed by atoms with E-state index < -0.39 is 0 Å². The highest BCUT2D eigenvalue weighted by atomic mass is 79.9. The van der Waals surface area contributed by atoms with E-state index in [1.165, 1.54) is 23.4 Å². The Morgan fingerprint density at radius 1 is 1.09 bits per heavy atom. The van der Waals surface area contributed by atoms with Gasteiger partial charge in [-0.25, -0.2) is 9.37 Å². The van der Waals surface area contributed by atoms with Gasteiger partial charge in [-0.3, -0.25) is 4.79 Å². The van der Waals surface area contributed by atoms with E-state index in [1.807, 2.05) is 18.2 Å². The summed E-state index contributed by atoms with van der Waals surface area (Å²) in [4.78, 5) is 18.1. The molecule has 0 N–H and O–H groups in total. The number of rotatable bonds is 4. The van der Waals surface area contributed by atoms with Gasteiger partial charge in [0.05, 0.1) is 22.7 Å². The van der Waals surface area contributed by atoms with E-state index in [4.69, 9.17) is 9.40 Å². The van der Waals surface area contributed by atoms with Gasteiger partial charge in [0.25, 0.3) is 5.56 Å². The molecule has 4 aromatic rings. The molecule has 0 saturated heterocycles. The van der Waals surface area contributed by atoms with Gasteiger partial charge < -0.3 is 4.42 Å². The molecule has 0 atom stereocenters. The van der Waals surface area contributed by atoms with Crippen LogP contribution in [-0.4, -0.2) is 15.9 Å². The van der Waals surface area contributed by atoms with Crippen molar-refractivity contribution in [2.75, 3.05) is 0 Å². The summed E-state index contributed by atoms with van der Waals surface area (Å²) in [5, 5.41) is 5.00. The number of benzene rings is 2. The topological polar surface area (TPSA) is 60.4 Å². The van der Waals surface area contributed by atoms with Crippen LogP contribution in [0.2, 0.25) is 0 Å². The Morgan fingerprint density at radius 2 is 1.91 bits per heavy atom. The summed E-state index contributed by atoms with van der Waals surface area (Å²) in [6.07, 6.45) is 6.93. The largest absolute Gasteiger partial charge is 0.455 e. The average Bonchev–Trinajstić information content (AvgIpc) is 3.27. The van der Waals surface area contributed by atoms with Crippen LogP contribution < -0.4 is 5.56 Å². The van der Waals surface area contributed by atoms with Crippen LogP contribution in [0.4, 0.5) is 4.39 Å². The van der Waals surface area contributed by atoms with Gasteiger partial charge in [0.15, 0.2) is 0 Å². The first-order chi connectivity index (χ1) is 15.6. The lowest BCUT2D eigenvalue weighted by Crippen LogP contribution is -2.25. The quantitative estimate of drug-likeness (QED) is 0.305. The van der Waals surface area contributed by atoms with Crippen LogP contribution in [0.5, 0.6) is 0 Å². The van der Waals surface area contributed by atoms with Crippen LogP contribution in [0.1, 0.15) is 49.6 Å². The first-order valence-electron chi connectivity index (χ1n) is 10.7. The molecule has 2 heterocycles. The van der Waals surface area contributed by atoms with Crippen molar-refractivity contribution in [3.05, 3.63) is 86.8 Å². The lowest BCUT2D eigenvalue weighted by atomic mass is 9.88. The molecule has 0 aliphatic heterocycles. The van der Waals surface area contributed by atoms with Crippen molar-refractivity contribution >= 4 is 33.0 Å². The van der Waals surface area contributed by atoms with Gasteiger partial charge in [-0.2, -0.15) is 9.78 Å². The molecule has 5 nitrogen and oxygen atoms in total. The third-order valence-corrected chi connectivity index (χ3v) is 6.37. The van der Waals surface area contributed by atoms with Gasteiger partial charge in [0.2, 0.25) is 0 Å². The van der Waals surface area contributed by atoms with Gasteiger partial charge in [-0.05, 0) is 55.3 Å². The van der Waals surface area contributed by atoms with Crippen molar-refractivity contribution in [2.24, 2.45) is 5.10 Å². The maximum Gasteiger partial charge on any atom is 0.282 e. The molecule has 5 rings (SSSR count). The minimum Gasteiger partial charge on any atom is -0.455 e. The van der Waals surface area contributed by atoms with Crippen LogP contribution in [0.15, 0.2) is 73.4 Å². The van der Waals surface area contributed by atoms with Gasteiger partial charge >= 0.3 is 0 Å². The fraction of sp³-hybridized carbons (Fsp3) is 0.240. The van der Waals surface area contributed by atoms with Gasteiger partial charge in [-0.15, -0.1) is 0 Å². The number of halogens is 2. The molecular formula is C25H21BrFN3O2. The zero-order valence-corrected chi connectivity index (χ0v) is 18.9. The SMILES string of the molecule is O=c1c2ccccc2nc(C2CCCCC2)n1N=Cc1ccc(-c2ccc(Br)cc2F)o1. The van der Waals surface area contributed by atoms with Gasteiger partial charge in [-0.1, -0.05) is 47.3 Å². The van der Waals surface area contributed by atoms with E-state index in [0.29, 0.717) is 38.3 Å². The van der Waals surface area contributed by atoms with Crippen LogP contribution >= 0.6 is 15.9 Å². The Morgan fingerprint density at radius 3 is 2.72 bits per heavy atom. The smallest absolute Gasteiger partial charge is 0.282 e. The highest BCUT2D eigenvalue weighted by molar-refractivity contribution is 9.10. The summed E-state index contributed by atoms with van der Waals surface area (Å²) < 4.78 is 22.1. The molecule has 0 unspecified atom stereocenters. The monoisotopic (exact) mass is 493 g/mol. The first-order valence-corrected chi connectivity index (χ1v) is 11.5. The number of para-hydroxylation sites is 1. The van der Waals surface area contributed by atoms with Crippen molar-refractivity contribution in [3.8, 4) is 11.3 Å². The summed E-state index contributed by atoms with van der Waals surface area (Å²) in [6.45, 7) is 0. The maximum absolute atomic E-state index is 14.3. The van der Waals surface area contributed by atoms with Crippen molar-refractivity contribution < 1.29 is 8.81 Å². The highest BCUT2D eigenvalue weighted by Gasteiger charge is 2.22. The van der Waals surface area contributed by atoms with Gasteiger partial charge in [0.1, 0.15) is 23.2 Å². The molecule has 2 aromatic carbocycles. The van der Waals surface area contributed by atoms with Crippen molar-refractivity contribution in [1.82, 2.24) is 9.66 Å². The van der Waals surface area contributed by atoms with Crippen molar-refractivity contribution in [1.29, 1.82) is 0 Å². The molecule has 1 saturated carbocycles. The zero-order chi connectivity index (χ0) is 22.1. The first kappa shape index (κ1) is 20.8. The second-order valence-corrected chi connectivity index (χ2v) is 8.93. The molecular weight excluding hydrogens is 473 g/mol. The predicted octanol–water partition coefficient (Wildman–Crippen LogP) is 6.49. The van der Waals surface area contributed by atoms with Crippen molar-refractivity contribution in [3.63, 3.8) is 0 Å². The lowest BCUT2D eigenvalue weighted by Gasteiger charge is -2.22. The zero-order valence-electron chi connectivity index (χ0n) is 17.3. The Kier molecular flexibility index (Phi) is 5.74. The average molecular weight is 494 g/mol. The molecule has 0 amide bonds. The molecule has 1 aliphatic carbocycles. The number of fused-ring (bicyclic) bond motifs is 1. The lowest BCUT2D eigenvalue weighted by molar-refractivity contribution is 0.416. The third-order valence-electron chi connectivity index (χ3n) is 5.87. The standard InChI is InChI=1S/C25H21BrFN3O2/c26-17-10-12-19(21(27)14-17)23-13-11-18(32-23)15-28-30-24(16-6-2-1-3-7-16)29-22-9-5-4-8-20(22)25(30)31/h4-5,8-16H,1-3,6-7H2.